The number of rotatable bonds is 9. The molecule has 0 radical (unpaired) electrons. The molecule has 0 bridgehead atoms. The number of nitrogens with zero attached hydrogens (tertiary/aromatic N) is 4. The highest BCUT2D eigenvalue weighted by atomic mass is 16.6. The fraction of sp³-hybridized carbons (Fsp3) is 0.0769. The summed E-state index contributed by atoms with van der Waals surface area (Å²) < 4.78 is 10.9. The standard InChI is InChI=1S/C26H20N6O10/c1-41-23-9-13(3-8-20(23)27)18-12-19(16-6-4-14(29(33)34)10-21(16)31(37)38)25(28)26(42-2)24(18)17-7-5-15(30(35)36)11-22(17)32(39)40/h3-12H,27-28H2,1-2H3. The van der Waals surface area contributed by atoms with Gasteiger partial charge in [0, 0.05) is 23.3 Å². The van der Waals surface area contributed by atoms with Crippen LogP contribution in [0, 0.1) is 40.5 Å². The SMILES string of the molecule is COc1cc(-c2cc(-c3ccc([N+](=O)[O-])cc3[N+](=O)[O-])c(N)c(OC)c2-c2ccc([N+](=O)[O-])cc2[N+](=O)[O-])ccc1N. The van der Waals surface area contributed by atoms with Crippen LogP contribution in [0.5, 0.6) is 11.5 Å². The highest BCUT2D eigenvalue weighted by Crippen LogP contribution is 2.51. The number of non-ortho nitro benzene ring substituents is 2. The van der Waals surface area contributed by atoms with Gasteiger partial charge < -0.3 is 20.9 Å². The zero-order valence-corrected chi connectivity index (χ0v) is 21.8. The van der Waals surface area contributed by atoms with E-state index in [1.807, 2.05) is 0 Å². The van der Waals surface area contributed by atoms with Gasteiger partial charge in [0.1, 0.15) is 5.75 Å². The molecule has 4 rings (SSSR count). The van der Waals surface area contributed by atoms with E-state index in [0.717, 1.165) is 30.3 Å². The summed E-state index contributed by atoms with van der Waals surface area (Å²) in [4.78, 5) is 43.5. The Kier molecular flexibility index (Phi) is 7.54. The van der Waals surface area contributed by atoms with Crippen LogP contribution in [-0.4, -0.2) is 33.9 Å². The average molecular weight is 576 g/mol. The molecular weight excluding hydrogens is 556 g/mol. The summed E-state index contributed by atoms with van der Waals surface area (Å²) in [6.45, 7) is 0. The van der Waals surface area contributed by atoms with E-state index in [1.165, 1.54) is 38.5 Å². The number of nitro benzene ring substituents is 4. The van der Waals surface area contributed by atoms with E-state index in [2.05, 4.69) is 0 Å². The van der Waals surface area contributed by atoms with Crippen molar-refractivity contribution in [1.82, 2.24) is 0 Å². The lowest BCUT2D eigenvalue weighted by molar-refractivity contribution is -0.394. The maximum absolute atomic E-state index is 12.1. The van der Waals surface area contributed by atoms with E-state index in [-0.39, 0.29) is 50.7 Å². The van der Waals surface area contributed by atoms with Crippen molar-refractivity contribution in [1.29, 1.82) is 0 Å². The summed E-state index contributed by atoms with van der Waals surface area (Å²) in [6.07, 6.45) is 0. The van der Waals surface area contributed by atoms with E-state index >= 15 is 0 Å². The number of hydrogen-bond donors (Lipinski definition) is 2. The minimum atomic E-state index is -0.810. The second-order valence-electron chi connectivity index (χ2n) is 8.68. The second-order valence-corrected chi connectivity index (χ2v) is 8.68. The van der Waals surface area contributed by atoms with Crippen molar-refractivity contribution in [3.63, 3.8) is 0 Å². The van der Waals surface area contributed by atoms with Crippen LogP contribution in [0.15, 0.2) is 60.7 Å². The number of nitro groups is 4. The molecule has 0 atom stereocenters. The van der Waals surface area contributed by atoms with Gasteiger partial charge in [-0.25, -0.2) is 0 Å². The van der Waals surface area contributed by atoms with Crippen LogP contribution in [0.1, 0.15) is 0 Å². The van der Waals surface area contributed by atoms with E-state index in [9.17, 15) is 40.5 Å². The molecule has 0 saturated carbocycles. The Morgan fingerprint density at radius 2 is 1.14 bits per heavy atom. The predicted octanol–water partition coefficient (Wildman–Crippen LogP) is 5.50. The molecule has 0 aromatic heterocycles. The van der Waals surface area contributed by atoms with Gasteiger partial charge in [0.05, 0.1) is 68.5 Å². The maximum atomic E-state index is 12.1. The van der Waals surface area contributed by atoms with Crippen molar-refractivity contribution in [3.05, 3.63) is 101 Å². The van der Waals surface area contributed by atoms with Crippen LogP contribution < -0.4 is 20.9 Å². The Labute approximate surface area is 235 Å². The molecule has 0 saturated heterocycles. The van der Waals surface area contributed by atoms with Gasteiger partial charge in [0.2, 0.25) is 0 Å². The van der Waals surface area contributed by atoms with Crippen molar-refractivity contribution in [2.75, 3.05) is 25.7 Å². The fourth-order valence-electron chi connectivity index (χ4n) is 4.49. The molecule has 4 N–H and O–H groups in total. The monoisotopic (exact) mass is 576 g/mol. The molecule has 0 aliphatic heterocycles. The number of anilines is 2. The third-order valence-corrected chi connectivity index (χ3v) is 6.41. The summed E-state index contributed by atoms with van der Waals surface area (Å²) in [6, 6.07) is 12.0. The zero-order chi connectivity index (χ0) is 30.9. The first-order chi connectivity index (χ1) is 19.9. The lowest BCUT2D eigenvalue weighted by Gasteiger charge is -2.20. The van der Waals surface area contributed by atoms with Crippen molar-refractivity contribution >= 4 is 34.1 Å². The van der Waals surface area contributed by atoms with E-state index in [4.69, 9.17) is 20.9 Å². The molecule has 4 aromatic carbocycles. The van der Waals surface area contributed by atoms with Gasteiger partial charge in [0.15, 0.2) is 5.75 Å². The highest BCUT2D eigenvalue weighted by Gasteiger charge is 2.30. The second kappa shape index (κ2) is 11.0. The smallest absolute Gasteiger partial charge is 0.284 e. The van der Waals surface area contributed by atoms with Crippen LogP contribution in [0.4, 0.5) is 34.1 Å². The first-order valence-electron chi connectivity index (χ1n) is 11.7. The number of ether oxygens (including phenoxy) is 2. The third kappa shape index (κ3) is 5.02. The summed E-state index contributed by atoms with van der Waals surface area (Å²) in [5, 5.41) is 46.7. The van der Waals surface area contributed by atoms with Crippen molar-refractivity contribution in [2.24, 2.45) is 0 Å². The minimum absolute atomic E-state index is 0.0209. The topological polar surface area (TPSA) is 243 Å². The summed E-state index contributed by atoms with van der Waals surface area (Å²) in [5.74, 6) is 0.0817. The van der Waals surface area contributed by atoms with Crippen LogP contribution >= 0.6 is 0 Å². The molecular formula is C26H20N6O10. The van der Waals surface area contributed by atoms with Crippen LogP contribution in [-0.2, 0) is 0 Å². The Morgan fingerprint density at radius 1 is 0.595 bits per heavy atom. The van der Waals surface area contributed by atoms with Crippen molar-refractivity contribution in [3.8, 4) is 44.9 Å². The fourth-order valence-corrected chi connectivity index (χ4v) is 4.49. The number of benzene rings is 4. The van der Waals surface area contributed by atoms with Gasteiger partial charge in [0.25, 0.3) is 22.7 Å². The van der Waals surface area contributed by atoms with Crippen LogP contribution in [0.3, 0.4) is 0 Å². The van der Waals surface area contributed by atoms with Gasteiger partial charge in [-0.05, 0) is 41.5 Å². The molecule has 0 spiro atoms. The molecule has 0 aliphatic carbocycles. The molecule has 0 aliphatic rings. The third-order valence-electron chi connectivity index (χ3n) is 6.41. The quantitative estimate of drug-likeness (QED) is 0.142. The Bertz CT molecular complexity index is 1810. The zero-order valence-electron chi connectivity index (χ0n) is 21.8. The van der Waals surface area contributed by atoms with Crippen molar-refractivity contribution in [2.45, 2.75) is 0 Å². The first-order valence-corrected chi connectivity index (χ1v) is 11.7. The predicted molar refractivity (Wildman–Crippen MR) is 151 cm³/mol. The van der Waals surface area contributed by atoms with E-state index in [1.54, 1.807) is 6.07 Å². The normalized spacial score (nSPS) is 10.6. The number of hydrogen-bond acceptors (Lipinski definition) is 12. The molecule has 0 heterocycles. The first kappa shape index (κ1) is 28.7. The summed E-state index contributed by atoms with van der Waals surface area (Å²) in [5.41, 5.74) is 10.6. The molecule has 0 unspecified atom stereocenters. The van der Waals surface area contributed by atoms with E-state index < -0.39 is 42.4 Å². The Morgan fingerprint density at radius 3 is 1.64 bits per heavy atom. The molecule has 16 heteroatoms. The summed E-state index contributed by atoms with van der Waals surface area (Å²) in [7, 11) is 2.58. The van der Waals surface area contributed by atoms with Gasteiger partial charge in [-0.1, -0.05) is 6.07 Å². The molecule has 42 heavy (non-hydrogen) atoms. The van der Waals surface area contributed by atoms with Crippen LogP contribution in [0.2, 0.25) is 0 Å². The molecule has 0 amide bonds. The summed E-state index contributed by atoms with van der Waals surface area (Å²) >= 11 is 0. The van der Waals surface area contributed by atoms with Crippen molar-refractivity contribution < 1.29 is 29.2 Å². The molecule has 4 aromatic rings. The van der Waals surface area contributed by atoms with Gasteiger partial charge in [-0.15, -0.1) is 0 Å². The molecule has 16 nitrogen and oxygen atoms in total. The van der Waals surface area contributed by atoms with Gasteiger partial charge in [-0.3, -0.25) is 40.5 Å². The highest BCUT2D eigenvalue weighted by molar-refractivity contribution is 6.01. The largest absolute Gasteiger partial charge is 0.495 e. The number of nitrogen functional groups attached to an aromatic ring is 2. The molecule has 0 fully saturated rings. The molecule has 214 valence electrons. The Balaban J connectivity index is 2.19. The lowest BCUT2D eigenvalue weighted by Crippen LogP contribution is -2.04. The number of nitrogens with two attached hydrogens (primary N) is 2. The van der Waals surface area contributed by atoms with Gasteiger partial charge >= 0.3 is 0 Å². The lowest BCUT2D eigenvalue weighted by atomic mass is 9.87. The maximum Gasteiger partial charge on any atom is 0.284 e. The number of methoxy groups -OCH3 is 2. The van der Waals surface area contributed by atoms with Gasteiger partial charge in [-0.2, -0.15) is 0 Å². The average Bonchev–Trinajstić information content (AvgIpc) is 2.96. The van der Waals surface area contributed by atoms with Crippen LogP contribution in [0.25, 0.3) is 33.4 Å². The Hall–Kier alpha value is -6.32. The van der Waals surface area contributed by atoms with E-state index in [0.29, 0.717) is 5.56 Å². The minimum Gasteiger partial charge on any atom is -0.495 e.